The molecule has 2 saturated heterocycles. The largest absolute Gasteiger partial charge is 0.391 e. The molecule has 3 atom stereocenters. The first kappa shape index (κ1) is 12.8. The van der Waals surface area contributed by atoms with Gasteiger partial charge in [0.2, 0.25) is 5.91 Å². The second-order valence-electron chi connectivity index (χ2n) is 4.98. The first-order chi connectivity index (χ1) is 8.25. The number of aliphatic hydroxyl groups excluding tert-OH is 1. The van der Waals surface area contributed by atoms with Gasteiger partial charge in [0, 0.05) is 32.2 Å². The molecular formula is C12H22N2O3. The normalized spacial score (nSPS) is 33.6. The predicted molar refractivity (Wildman–Crippen MR) is 63.6 cm³/mol. The van der Waals surface area contributed by atoms with Crippen molar-refractivity contribution in [2.75, 3.05) is 26.2 Å². The molecular weight excluding hydrogens is 220 g/mol. The highest BCUT2D eigenvalue weighted by atomic mass is 16.5. The van der Waals surface area contributed by atoms with Crippen LogP contribution in [0.1, 0.15) is 25.7 Å². The third-order valence-electron chi connectivity index (χ3n) is 3.55. The molecule has 5 nitrogen and oxygen atoms in total. The van der Waals surface area contributed by atoms with E-state index in [9.17, 15) is 9.90 Å². The highest BCUT2D eigenvalue weighted by Gasteiger charge is 2.25. The van der Waals surface area contributed by atoms with Crippen LogP contribution in [0.2, 0.25) is 0 Å². The molecule has 0 aromatic heterocycles. The molecule has 2 aliphatic rings. The number of carbonyl (C=O) groups is 1. The zero-order valence-corrected chi connectivity index (χ0v) is 10.2. The molecule has 1 amide bonds. The lowest BCUT2D eigenvalue weighted by atomic mass is 10.0. The van der Waals surface area contributed by atoms with Crippen molar-refractivity contribution >= 4 is 5.91 Å². The first-order valence-electron chi connectivity index (χ1n) is 6.53. The van der Waals surface area contributed by atoms with E-state index < -0.39 is 0 Å². The van der Waals surface area contributed by atoms with Crippen molar-refractivity contribution in [1.29, 1.82) is 0 Å². The minimum Gasteiger partial charge on any atom is -0.391 e. The molecule has 0 aliphatic carbocycles. The molecule has 17 heavy (non-hydrogen) atoms. The zero-order chi connectivity index (χ0) is 12.1. The Balaban J connectivity index is 1.63. The van der Waals surface area contributed by atoms with Gasteiger partial charge < -0.3 is 20.5 Å². The Hall–Kier alpha value is -0.650. The van der Waals surface area contributed by atoms with Crippen molar-refractivity contribution in [3.63, 3.8) is 0 Å². The maximum Gasteiger partial charge on any atom is 0.222 e. The third-order valence-corrected chi connectivity index (χ3v) is 3.55. The van der Waals surface area contributed by atoms with Crippen LogP contribution in [0, 0.1) is 5.92 Å². The predicted octanol–water partition coefficient (Wildman–Crippen LogP) is -0.358. The molecule has 0 aromatic rings. The summed E-state index contributed by atoms with van der Waals surface area (Å²) < 4.78 is 5.52. The fraction of sp³-hybridized carbons (Fsp3) is 0.917. The van der Waals surface area contributed by atoms with E-state index in [-0.39, 0.29) is 24.0 Å². The van der Waals surface area contributed by atoms with E-state index in [1.807, 2.05) is 0 Å². The Morgan fingerprint density at radius 3 is 2.94 bits per heavy atom. The molecule has 0 bridgehead atoms. The van der Waals surface area contributed by atoms with Crippen LogP contribution in [-0.2, 0) is 9.53 Å². The quantitative estimate of drug-likeness (QED) is 0.630. The molecule has 2 rings (SSSR count). The molecule has 2 aliphatic heterocycles. The minimum absolute atomic E-state index is 0.0380. The Kier molecular flexibility index (Phi) is 4.76. The summed E-state index contributed by atoms with van der Waals surface area (Å²) in [5.41, 5.74) is 0. The van der Waals surface area contributed by atoms with Gasteiger partial charge in [0.15, 0.2) is 0 Å². The summed E-state index contributed by atoms with van der Waals surface area (Å²) in [6.45, 7) is 2.75. The lowest BCUT2D eigenvalue weighted by Crippen LogP contribution is -2.36. The number of ether oxygens (including phenoxy) is 1. The number of carbonyl (C=O) groups excluding carboxylic acids is 1. The van der Waals surface area contributed by atoms with Crippen molar-refractivity contribution in [3.8, 4) is 0 Å². The lowest BCUT2D eigenvalue weighted by molar-refractivity contribution is -0.125. The lowest BCUT2D eigenvalue weighted by Gasteiger charge is -2.22. The van der Waals surface area contributed by atoms with Crippen LogP contribution < -0.4 is 10.6 Å². The summed E-state index contributed by atoms with van der Waals surface area (Å²) >= 11 is 0. The maximum atomic E-state index is 11.7. The van der Waals surface area contributed by atoms with Crippen LogP contribution in [-0.4, -0.2) is 49.5 Å². The highest BCUT2D eigenvalue weighted by molar-refractivity contribution is 5.76. The van der Waals surface area contributed by atoms with Crippen molar-refractivity contribution in [2.45, 2.75) is 37.9 Å². The van der Waals surface area contributed by atoms with Crippen molar-refractivity contribution in [1.82, 2.24) is 10.6 Å². The molecule has 3 unspecified atom stereocenters. The van der Waals surface area contributed by atoms with E-state index in [0.29, 0.717) is 19.5 Å². The van der Waals surface area contributed by atoms with Crippen molar-refractivity contribution in [3.05, 3.63) is 0 Å². The van der Waals surface area contributed by atoms with Gasteiger partial charge in [-0.05, 0) is 19.3 Å². The van der Waals surface area contributed by atoms with Crippen LogP contribution >= 0.6 is 0 Å². The van der Waals surface area contributed by atoms with Gasteiger partial charge in [0.1, 0.15) is 0 Å². The van der Waals surface area contributed by atoms with Gasteiger partial charge in [-0.2, -0.15) is 0 Å². The highest BCUT2D eigenvalue weighted by Crippen LogP contribution is 2.15. The molecule has 2 fully saturated rings. The molecule has 0 radical (unpaired) electrons. The van der Waals surface area contributed by atoms with Gasteiger partial charge in [-0.25, -0.2) is 0 Å². The fourth-order valence-electron chi connectivity index (χ4n) is 2.42. The van der Waals surface area contributed by atoms with E-state index >= 15 is 0 Å². The number of β-amino-alcohol motifs (C(OH)–C–C–N with tert-alkyl or cyclic N) is 1. The molecule has 0 aromatic carbocycles. The Bertz CT molecular complexity index is 254. The average Bonchev–Trinajstić information content (AvgIpc) is 2.74. The van der Waals surface area contributed by atoms with Gasteiger partial charge in [0.05, 0.1) is 18.6 Å². The van der Waals surface area contributed by atoms with Crippen molar-refractivity contribution in [2.24, 2.45) is 5.92 Å². The second-order valence-corrected chi connectivity index (χ2v) is 4.98. The van der Waals surface area contributed by atoms with Gasteiger partial charge >= 0.3 is 0 Å². The Morgan fingerprint density at radius 1 is 1.41 bits per heavy atom. The number of hydrogen-bond donors (Lipinski definition) is 3. The summed E-state index contributed by atoms with van der Waals surface area (Å²) in [7, 11) is 0. The van der Waals surface area contributed by atoms with E-state index in [0.717, 1.165) is 32.4 Å². The topological polar surface area (TPSA) is 70.6 Å². The average molecular weight is 242 g/mol. The van der Waals surface area contributed by atoms with Crippen LogP contribution in [0.4, 0.5) is 0 Å². The fourth-order valence-corrected chi connectivity index (χ4v) is 2.42. The van der Waals surface area contributed by atoms with E-state index in [2.05, 4.69) is 10.6 Å². The summed E-state index contributed by atoms with van der Waals surface area (Å²) in [6, 6.07) is 0. The van der Waals surface area contributed by atoms with E-state index in [1.54, 1.807) is 0 Å². The molecule has 98 valence electrons. The van der Waals surface area contributed by atoms with Crippen molar-refractivity contribution < 1.29 is 14.6 Å². The van der Waals surface area contributed by atoms with Gasteiger partial charge in [-0.1, -0.05) is 0 Å². The first-order valence-corrected chi connectivity index (χ1v) is 6.53. The monoisotopic (exact) mass is 242 g/mol. The molecule has 0 saturated carbocycles. The van der Waals surface area contributed by atoms with Crippen LogP contribution in [0.5, 0.6) is 0 Å². The number of nitrogens with one attached hydrogen (secondary N) is 2. The van der Waals surface area contributed by atoms with Crippen LogP contribution in [0.3, 0.4) is 0 Å². The van der Waals surface area contributed by atoms with Crippen LogP contribution in [0.15, 0.2) is 0 Å². The van der Waals surface area contributed by atoms with E-state index in [4.69, 9.17) is 4.74 Å². The maximum absolute atomic E-state index is 11.7. The molecule has 3 N–H and O–H groups in total. The number of rotatable bonds is 4. The van der Waals surface area contributed by atoms with E-state index in [1.165, 1.54) is 0 Å². The Morgan fingerprint density at radius 2 is 2.29 bits per heavy atom. The Labute approximate surface area is 102 Å². The second kappa shape index (κ2) is 6.33. The smallest absolute Gasteiger partial charge is 0.222 e. The summed E-state index contributed by atoms with van der Waals surface area (Å²) in [6.07, 6.45) is 3.47. The number of amides is 1. The number of aliphatic hydroxyl groups is 1. The zero-order valence-electron chi connectivity index (χ0n) is 10.2. The van der Waals surface area contributed by atoms with Gasteiger partial charge in [-0.3, -0.25) is 4.79 Å². The number of hydrogen-bond acceptors (Lipinski definition) is 4. The minimum atomic E-state index is -0.332. The van der Waals surface area contributed by atoms with Gasteiger partial charge in [0.25, 0.3) is 0 Å². The van der Waals surface area contributed by atoms with Gasteiger partial charge in [-0.15, -0.1) is 0 Å². The summed E-state index contributed by atoms with van der Waals surface area (Å²) in [4.78, 5) is 11.7. The standard InChI is InChI=1S/C12H22N2O3/c15-11-8-13-6-9(11)7-14-12(16)5-10-3-1-2-4-17-10/h9-11,13,15H,1-8H2,(H,14,16). The summed E-state index contributed by atoms with van der Waals surface area (Å²) in [5.74, 6) is 0.183. The third kappa shape index (κ3) is 3.94. The van der Waals surface area contributed by atoms with Crippen LogP contribution in [0.25, 0.3) is 0 Å². The summed E-state index contributed by atoms with van der Waals surface area (Å²) in [5, 5.41) is 15.6. The molecule has 0 spiro atoms. The molecule has 2 heterocycles. The SMILES string of the molecule is O=C(CC1CCCCO1)NCC1CNCC1O. The molecule has 5 heteroatoms.